The van der Waals surface area contributed by atoms with Gasteiger partial charge in [0.25, 0.3) is 0 Å². The molecule has 1 aliphatic heterocycles. The molecule has 4 heteroatoms. The quantitative estimate of drug-likeness (QED) is 0.760. The highest BCUT2D eigenvalue weighted by atomic mass is 16.2. The fourth-order valence-corrected chi connectivity index (χ4v) is 1.94. The summed E-state index contributed by atoms with van der Waals surface area (Å²) in [4.78, 5) is 15.9. The first-order chi connectivity index (χ1) is 7.20. The zero-order chi connectivity index (χ0) is 11.3. The summed E-state index contributed by atoms with van der Waals surface area (Å²) in [6.45, 7) is 7.76. The van der Waals surface area contributed by atoms with Crippen LogP contribution >= 0.6 is 0 Å². The Morgan fingerprint density at radius 2 is 2.20 bits per heavy atom. The van der Waals surface area contributed by atoms with Crippen molar-refractivity contribution in [2.45, 2.75) is 32.7 Å². The lowest BCUT2D eigenvalue weighted by molar-refractivity contribution is 0.147. The van der Waals surface area contributed by atoms with Gasteiger partial charge in [0.15, 0.2) is 0 Å². The number of carbonyl (C=O) groups is 1. The Balaban J connectivity index is 2.59. The van der Waals surface area contributed by atoms with E-state index in [2.05, 4.69) is 12.2 Å². The lowest BCUT2D eigenvalue weighted by atomic mass is 10.2. The zero-order valence-corrected chi connectivity index (χ0v) is 10.1. The number of nitrogens with one attached hydrogen (secondary N) is 1. The van der Waals surface area contributed by atoms with E-state index in [4.69, 9.17) is 0 Å². The first-order valence-electron chi connectivity index (χ1n) is 5.93. The number of hydrogen-bond acceptors (Lipinski definition) is 2. The summed E-state index contributed by atoms with van der Waals surface area (Å²) in [5.41, 5.74) is 0. The highest BCUT2D eigenvalue weighted by Gasteiger charge is 2.27. The number of nitrogens with zero attached hydrogens (tertiary/aromatic N) is 2. The van der Waals surface area contributed by atoms with Crippen molar-refractivity contribution in [2.24, 2.45) is 0 Å². The number of urea groups is 1. The summed E-state index contributed by atoms with van der Waals surface area (Å²) in [5.74, 6) is 0. The molecule has 1 saturated heterocycles. The van der Waals surface area contributed by atoms with E-state index in [0.717, 1.165) is 39.0 Å². The molecule has 1 N–H and O–H groups in total. The van der Waals surface area contributed by atoms with Crippen LogP contribution in [0.15, 0.2) is 0 Å². The highest BCUT2D eigenvalue weighted by molar-refractivity contribution is 5.74. The molecule has 88 valence electrons. The minimum absolute atomic E-state index is 0.174. The third-order valence-electron chi connectivity index (χ3n) is 2.99. The lowest BCUT2D eigenvalue weighted by Crippen LogP contribution is -2.48. The Kier molecular flexibility index (Phi) is 4.88. The van der Waals surface area contributed by atoms with Crippen LogP contribution in [0.3, 0.4) is 0 Å². The van der Waals surface area contributed by atoms with Crippen LogP contribution in [0.4, 0.5) is 4.79 Å². The molecular formula is C11H23N3O. The van der Waals surface area contributed by atoms with Gasteiger partial charge in [-0.3, -0.25) is 0 Å². The third kappa shape index (κ3) is 3.09. The molecule has 4 nitrogen and oxygen atoms in total. The Labute approximate surface area is 92.6 Å². The van der Waals surface area contributed by atoms with Crippen molar-refractivity contribution < 1.29 is 4.79 Å². The molecule has 1 aliphatic rings. The van der Waals surface area contributed by atoms with Crippen LogP contribution in [0, 0.1) is 0 Å². The van der Waals surface area contributed by atoms with Crippen LogP contribution in [0.5, 0.6) is 0 Å². The van der Waals surface area contributed by atoms with Crippen LogP contribution in [0.1, 0.15) is 26.7 Å². The van der Waals surface area contributed by atoms with Crippen LogP contribution in [-0.2, 0) is 0 Å². The molecule has 1 unspecified atom stereocenters. The second-order valence-corrected chi connectivity index (χ2v) is 4.14. The predicted octanol–water partition coefficient (Wildman–Crippen LogP) is 1.13. The van der Waals surface area contributed by atoms with E-state index >= 15 is 0 Å². The molecular weight excluding hydrogens is 190 g/mol. The molecule has 0 spiro atoms. The van der Waals surface area contributed by atoms with E-state index < -0.39 is 0 Å². The maximum absolute atomic E-state index is 12.1. The van der Waals surface area contributed by atoms with Crippen molar-refractivity contribution in [1.82, 2.24) is 15.1 Å². The third-order valence-corrected chi connectivity index (χ3v) is 2.99. The van der Waals surface area contributed by atoms with E-state index in [1.807, 2.05) is 18.9 Å². The lowest BCUT2D eigenvalue weighted by Gasteiger charge is -2.31. The van der Waals surface area contributed by atoms with Crippen LogP contribution in [-0.4, -0.2) is 55.1 Å². The summed E-state index contributed by atoms with van der Waals surface area (Å²) in [7, 11) is 1.87. The normalized spacial score (nSPS) is 20.3. The molecule has 15 heavy (non-hydrogen) atoms. The second-order valence-electron chi connectivity index (χ2n) is 4.14. The van der Waals surface area contributed by atoms with Crippen molar-refractivity contribution in [3.63, 3.8) is 0 Å². The summed E-state index contributed by atoms with van der Waals surface area (Å²) in [6.07, 6.45) is 2.11. The smallest absolute Gasteiger partial charge is 0.320 e. The molecule has 0 aromatic carbocycles. The van der Waals surface area contributed by atoms with Crippen molar-refractivity contribution in [3.8, 4) is 0 Å². The topological polar surface area (TPSA) is 35.6 Å². The van der Waals surface area contributed by atoms with Crippen molar-refractivity contribution in [1.29, 1.82) is 0 Å². The van der Waals surface area contributed by atoms with Crippen LogP contribution in [0.25, 0.3) is 0 Å². The average molecular weight is 213 g/mol. The van der Waals surface area contributed by atoms with Gasteiger partial charge in [0, 0.05) is 32.7 Å². The number of rotatable bonds is 4. The van der Waals surface area contributed by atoms with E-state index in [1.165, 1.54) is 0 Å². The minimum Gasteiger partial charge on any atom is -0.328 e. The maximum Gasteiger partial charge on any atom is 0.320 e. The van der Waals surface area contributed by atoms with E-state index in [1.54, 1.807) is 4.90 Å². The maximum atomic E-state index is 12.1. The Morgan fingerprint density at radius 3 is 2.67 bits per heavy atom. The van der Waals surface area contributed by atoms with Crippen molar-refractivity contribution in [2.75, 3.05) is 33.2 Å². The van der Waals surface area contributed by atoms with Gasteiger partial charge in [-0.1, -0.05) is 6.92 Å². The molecule has 1 fully saturated rings. The van der Waals surface area contributed by atoms with Gasteiger partial charge in [-0.05, 0) is 26.3 Å². The summed E-state index contributed by atoms with van der Waals surface area (Å²) in [6, 6.07) is 0.569. The standard InChI is InChI=1S/C11H23N3O/c1-4-8-14(10-6-7-12-9-10)11(15)13(3)5-2/h10,12H,4-9H2,1-3H3. The van der Waals surface area contributed by atoms with Crippen LogP contribution < -0.4 is 5.32 Å². The molecule has 0 radical (unpaired) electrons. The molecule has 1 rings (SSSR count). The number of carbonyl (C=O) groups excluding carboxylic acids is 1. The fourth-order valence-electron chi connectivity index (χ4n) is 1.94. The minimum atomic E-state index is 0.174. The van der Waals surface area contributed by atoms with Gasteiger partial charge in [0.05, 0.1) is 0 Å². The molecule has 0 aromatic heterocycles. The Morgan fingerprint density at radius 1 is 1.47 bits per heavy atom. The molecule has 2 amide bonds. The summed E-state index contributed by atoms with van der Waals surface area (Å²) in [5, 5.41) is 3.31. The first kappa shape index (κ1) is 12.3. The highest BCUT2D eigenvalue weighted by Crippen LogP contribution is 2.11. The average Bonchev–Trinajstić information content (AvgIpc) is 2.77. The first-order valence-corrected chi connectivity index (χ1v) is 5.93. The van der Waals surface area contributed by atoms with Gasteiger partial charge >= 0.3 is 6.03 Å². The van der Waals surface area contributed by atoms with Gasteiger partial charge < -0.3 is 15.1 Å². The fraction of sp³-hybridized carbons (Fsp3) is 0.909. The van der Waals surface area contributed by atoms with Crippen molar-refractivity contribution >= 4 is 6.03 Å². The van der Waals surface area contributed by atoms with E-state index in [-0.39, 0.29) is 6.03 Å². The zero-order valence-electron chi connectivity index (χ0n) is 10.1. The van der Waals surface area contributed by atoms with E-state index in [9.17, 15) is 4.79 Å². The SMILES string of the molecule is CCCN(C(=O)N(C)CC)C1CCNC1. The predicted molar refractivity (Wildman–Crippen MR) is 62.0 cm³/mol. The molecule has 1 heterocycles. The monoisotopic (exact) mass is 213 g/mol. The Hall–Kier alpha value is -0.770. The van der Waals surface area contributed by atoms with E-state index in [0.29, 0.717) is 6.04 Å². The van der Waals surface area contributed by atoms with Crippen molar-refractivity contribution in [3.05, 3.63) is 0 Å². The molecule has 0 aliphatic carbocycles. The van der Waals surface area contributed by atoms with Gasteiger partial charge in [-0.2, -0.15) is 0 Å². The molecule has 0 saturated carbocycles. The Bertz CT molecular complexity index is 202. The summed E-state index contributed by atoms with van der Waals surface area (Å²) >= 11 is 0. The van der Waals surface area contributed by atoms with Gasteiger partial charge in [-0.25, -0.2) is 4.79 Å². The molecule has 0 aromatic rings. The molecule has 1 atom stereocenters. The van der Waals surface area contributed by atoms with Gasteiger partial charge in [0.1, 0.15) is 0 Å². The summed E-state index contributed by atoms with van der Waals surface area (Å²) < 4.78 is 0. The second kappa shape index (κ2) is 5.95. The number of hydrogen-bond donors (Lipinski definition) is 1. The largest absolute Gasteiger partial charge is 0.328 e. The van der Waals surface area contributed by atoms with Crippen LogP contribution in [0.2, 0.25) is 0 Å². The van der Waals surface area contributed by atoms with Gasteiger partial charge in [-0.15, -0.1) is 0 Å². The molecule has 0 bridgehead atoms. The van der Waals surface area contributed by atoms with Gasteiger partial charge in [0.2, 0.25) is 0 Å². The number of amides is 2.